The monoisotopic (exact) mass is 278 g/mol. The second kappa shape index (κ2) is 9.17. The molecule has 0 aliphatic heterocycles. The summed E-state index contributed by atoms with van der Waals surface area (Å²) in [6.07, 6.45) is 0. The molecule has 0 aromatic heterocycles. The van der Waals surface area contributed by atoms with Gasteiger partial charge in [0.05, 0.1) is 1.28 Å². The van der Waals surface area contributed by atoms with Gasteiger partial charge >= 0.3 is 5.97 Å². The fourth-order valence-corrected chi connectivity index (χ4v) is 0.939. The van der Waals surface area contributed by atoms with Crippen molar-refractivity contribution in [2.45, 2.75) is 6.61 Å². The predicted octanol–water partition coefficient (Wildman–Crippen LogP) is 2.62. The van der Waals surface area contributed by atoms with Crippen molar-refractivity contribution in [1.82, 2.24) is 0 Å². The fourth-order valence-electron chi connectivity index (χ4n) is 0.777. The normalized spacial score (nSPS) is 10.3. The summed E-state index contributed by atoms with van der Waals surface area (Å²) in [6.45, 7) is 2.17. The summed E-state index contributed by atoms with van der Waals surface area (Å²) >= 11 is 3.01. The Morgan fingerprint density at radius 2 is 2.14 bits per heavy atom. The van der Waals surface area contributed by atoms with Crippen LogP contribution in [0.3, 0.4) is 0 Å². The molecule has 0 aliphatic carbocycles. The van der Waals surface area contributed by atoms with Crippen LogP contribution in [0, 0.1) is 0 Å². The molecule has 0 saturated carbocycles. The van der Waals surface area contributed by atoms with E-state index in [9.17, 15) is 4.79 Å². The highest BCUT2D eigenvalue weighted by Gasteiger charge is 1.98. The first kappa shape index (κ1) is 11.7. The summed E-state index contributed by atoms with van der Waals surface area (Å²) in [6, 6.07) is 9.59. The Morgan fingerprint density at radius 3 is 2.64 bits per heavy atom. The first-order valence-electron chi connectivity index (χ1n) is 4.58. The smallest absolute Gasteiger partial charge is 0.316 e. The van der Waals surface area contributed by atoms with Gasteiger partial charge in [-0.05, 0) is 5.56 Å². The maximum atomic E-state index is 10.7. The fraction of sp³-hybridized carbons (Fsp3) is 0.300. The molecule has 0 heterocycles. The highest BCUT2D eigenvalue weighted by Crippen LogP contribution is 2.00. The first-order chi connectivity index (χ1) is 7.24. The average molecular weight is 279 g/mol. The van der Waals surface area contributed by atoms with Gasteiger partial charge in [-0.1, -0.05) is 52.9 Å². The van der Waals surface area contributed by atoms with Crippen LogP contribution in [-0.2, 0) is 16.1 Å². The van der Waals surface area contributed by atoms with Crippen LogP contribution in [-0.4, -0.2) is 19.2 Å². The van der Waals surface area contributed by atoms with Gasteiger partial charge in [-0.3, -0.25) is 4.79 Å². The van der Waals surface area contributed by atoms with Gasteiger partial charge in [0.1, 0.15) is 11.9 Å². The highest BCUT2D eigenvalue weighted by atomic mass is 79.9. The number of esters is 1. The van der Waals surface area contributed by atoms with Crippen molar-refractivity contribution >= 4 is 31.1 Å². The molecule has 1 aromatic carbocycles. The van der Waals surface area contributed by atoms with E-state index < -0.39 is 0 Å². The van der Waals surface area contributed by atoms with Crippen LogP contribution < -0.4 is 0 Å². The topological polar surface area (TPSA) is 26.3 Å². The van der Waals surface area contributed by atoms with E-state index in [1.54, 1.807) is 0 Å². The van der Waals surface area contributed by atoms with Crippen LogP contribution in [0.1, 0.15) is 5.56 Å². The standard InChI is InChI=1S/C9H9BrO2.CH5P/c10-6-9(11)12-7-8-4-2-1-3-5-8;1-2/h1-5H,6-7H2;2H2,1H3/i;2T. The van der Waals surface area contributed by atoms with Gasteiger partial charge in [0.2, 0.25) is 0 Å². The maximum Gasteiger partial charge on any atom is 0.316 e. The number of carbonyl (C=O) groups excluding carboxylic acids is 1. The number of carbonyl (C=O) groups is 1. The van der Waals surface area contributed by atoms with Crippen molar-refractivity contribution < 1.29 is 9.53 Å². The molecule has 1 atom stereocenters. The number of benzene rings is 1. The summed E-state index contributed by atoms with van der Waals surface area (Å²) in [4.78, 5) is 10.7. The number of ether oxygens (including phenoxy) is 1. The zero-order valence-electron chi connectivity index (χ0n) is 9.00. The molecule has 2 nitrogen and oxygen atoms in total. The van der Waals surface area contributed by atoms with Crippen molar-refractivity contribution in [2.24, 2.45) is 0 Å². The lowest BCUT2D eigenvalue weighted by atomic mass is 10.2. The lowest BCUT2D eigenvalue weighted by Gasteiger charge is -2.01. The van der Waals surface area contributed by atoms with Crippen LogP contribution in [0.4, 0.5) is 0 Å². The number of hydrogen-bond acceptors (Lipinski definition) is 2. The molecule has 0 amide bonds. The van der Waals surface area contributed by atoms with Crippen LogP contribution >= 0.6 is 25.1 Å². The number of rotatable bonds is 3. The van der Waals surface area contributed by atoms with E-state index in [1.165, 1.54) is 0 Å². The number of hydrogen-bond donors (Lipinski definition) is 0. The zero-order chi connectivity index (χ0) is 11.5. The molecule has 78 valence electrons. The second-order valence-corrected chi connectivity index (χ2v) is 2.84. The summed E-state index contributed by atoms with van der Waals surface area (Å²) in [7, 11) is 0.333. The molecule has 1 aromatic rings. The van der Waals surface area contributed by atoms with Gasteiger partial charge in [-0.2, -0.15) is 0 Å². The van der Waals surface area contributed by atoms with Gasteiger partial charge in [0, 0.05) is 0 Å². The SMILES string of the molecule is O=C(CBr)OCc1ccccc1.[3H]PC. The molecule has 0 fully saturated rings. The van der Waals surface area contributed by atoms with Crippen molar-refractivity contribution in [3.63, 3.8) is 0 Å². The third kappa shape index (κ3) is 6.11. The van der Waals surface area contributed by atoms with E-state index in [0.29, 0.717) is 15.8 Å². The van der Waals surface area contributed by atoms with Crippen LogP contribution in [0.5, 0.6) is 0 Å². The summed E-state index contributed by atoms with van der Waals surface area (Å²) < 4.78 is 11.1. The predicted molar refractivity (Wildman–Crippen MR) is 65.7 cm³/mol. The average Bonchev–Trinajstić information content (AvgIpc) is 2.28. The van der Waals surface area contributed by atoms with Gasteiger partial charge in [0.25, 0.3) is 0 Å². The first-order valence-corrected chi connectivity index (χ1v) is 6.20. The minimum atomic E-state index is -0.237. The highest BCUT2D eigenvalue weighted by molar-refractivity contribution is 9.09. The quantitative estimate of drug-likeness (QED) is 0.483. The largest absolute Gasteiger partial charge is 0.460 e. The van der Waals surface area contributed by atoms with Crippen molar-refractivity contribution in [3.05, 3.63) is 35.9 Å². The molecule has 14 heavy (non-hydrogen) atoms. The Hall–Kier alpha value is -0.400. The molecule has 0 saturated heterocycles. The van der Waals surface area contributed by atoms with Gasteiger partial charge in [-0.25, -0.2) is 0 Å². The van der Waals surface area contributed by atoms with Crippen LogP contribution in [0.2, 0.25) is 0 Å². The Balaban J connectivity index is 0.000000583. The Bertz CT molecular complexity index is 269. The molecule has 0 N–H and O–H groups in total. The molecule has 0 spiro atoms. The summed E-state index contributed by atoms with van der Waals surface area (Å²) in [5.74, 6) is -0.237. The minimum Gasteiger partial charge on any atom is -0.460 e. The molecule has 1 rings (SSSR count). The van der Waals surface area contributed by atoms with E-state index in [4.69, 9.17) is 6.02 Å². The van der Waals surface area contributed by atoms with Crippen molar-refractivity contribution in [3.8, 4) is 0 Å². The molecule has 1 unspecified atom stereocenters. The lowest BCUT2D eigenvalue weighted by molar-refractivity contribution is -0.141. The third-order valence-corrected chi connectivity index (χ3v) is 1.81. The second-order valence-electron chi connectivity index (χ2n) is 2.28. The number of alkyl halides is 1. The minimum absolute atomic E-state index is 0.237. The zero-order valence-corrected chi connectivity index (χ0v) is 10.6. The molecular formula is C10H14BrO2P. The van der Waals surface area contributed by atoms with Crippen LogP contribution in [0.25, 0.3) is 0 Å². The maximum absolute atomic E-state index is 10.7. The van der Waals surface area contributed by atoms with Crippen molar-refractivity contribution in [2.75, 3.05) is 12.0 Å². The van der Waals surface area contributed by atoms with E-state index in [1.807, 2.05) is 37.0 Å². The van der Waals surface area contributed by atoms with E-state index in [2.05, 4.69) is 15.9 Å². The van der Waals surface area contributed by atoms with Crippen molar-refractivity contribution in [1.29, 1.82) is 1.28 Å². The van der Waals surface area contributed by atoms with Crippen LogP contribution in [0.15, 0.2) is 30.3 Å². The molecule has 0 aliphatic rings. The molecule has 0 bridgehead atoms. The third-order valence-electron chi connectivity index (χ3n) is 1.35. The van der Waals surface area contributed by atoms with Gasteiger partial charge in [0.15, 0.2) is 0 Å². The Kier molecular flexibility index (Phi) is 7.64. The van der Waals surface area contributed by atoms with Gasteiger partial charge < -0.3 is 4.74 Å². The molecular weight excluding hydrogens is 263 g/mol. The van der Waals surface area contributed by atoms with E-state index in [0.717, 1.165) is 5.56 Å². The van der Waals surface area contributed by atoms with Gasteiger partial charge in [-0.15, -0.1) is 9.18 Å². The van der Waals surface area contributed by atoms with E-state index in [-0.39, 0.29) is 11.3 Å². The summed E-state index contributed by atoms with van der Waals surface area (Å²) in [5.41, 5.74) is 1.01. The Morgan fingerprint density at radius 1 is 1.57 bits per heavy atom. The molecule has 4 heteroatoms. The Labute approximate surface area is 96.7 Å². The van der Waals surface area contributed by atoms with E-state index >= 15 is 0 Å². The number of halogens is 1. The summed E-state index contributed by atoms with van der Waals surface area (Å²) in [5, 5.41) is 0.250. The lowest BCUT2D eigenvalue weighted by Crippen LogP contribution is -2.04. The molecule has 0 radical (unpaired) electrons.